The molecule has 8 heteroatoms. The van der Waals surface area contributed by atoms with E-state index in [1.54, 1.807) is 24.3 Å². The lowest BCUT2D eigenvalue weighted by Crippen LogP contribution is -2.27. The Hall–Kier alpha value is -3.52. The lowest BCUT2D eigenvalue weighted by Gasteiger charge is -2.20. The van der Waals surface area contributed by atoms with E-state index in [2.05, 4.69) is 9.97 Å². The van der Waals surface area contributed by atoms with Gasteiger partial charge in [-0.15, -0.1) is 0 Å². The van der Waals surface area contributed by atoms with Crippen molar-refractivity contribution in [2.45, 2.75) is 11.8 Å². The summed E-state index contributed by atoms with van der Waals surface area (Å²) in [4.78, 5) is 8.10. The fraction of sp³-hybridized carbons (Fsp3) is 0.0909. The first-order chi connectivity index (χ1) is 14.4. The molecule has 3 aromatic carbocycles. The number of ether oxygens (including phenoxy) is 1. The standard InChI is InChI=1S/C22H18FN3O3S/c1-15-6-5-8-19-21(15)22(25-14-24-19)29-17-12-10-16(11-13-17)26(2)30(27,28)20-9-4-3-7-18(20)23/h3-14H,1-2H3. The average molecular weight is 423 g/mol. The summed E-state index contributed by atoms with van der Waals surface area (Å²) in [5.74, 6) is 0.104. The molecule has 0 N–H and O–H groups in total. The molecule has 0 aliphatic heterocycles. The van der Waals surface area contributed by atoms with Gasteiger partial charge >= 0.3 is 0 Å². The van der Waals surface area contributed by atoms with E-state index in [9.17, 15) is 12.8 Å². The van der Waals surface area contributed by atoms with Crippen LogP contribution in [0.2, 0.25) is 0 Å². The summed E-state index contributed by atoms with van der Waals surface area (Å²) >= 11 is 0. The van der Waals surface area contributed by atoms with Gasteiger partial charge in [0.1, 0.15) is 22.8 Å². The monoisotopic (exact) mass is 423 g/mol. The van der Waals surface area contributed by atoms with Crippen LogP contribution in [-0.2, 0) is 10.0 Å². The molecule has 0 saturated heterocycles. The SMILES string of the molecule is Cc1cccc2ncnc(Oc3ccc(N(C)S(=O)(=O)c4ccccc4F)cc3)c12. The number of benzene rings is 3. The third kappa shape index (κ3) is 3.57. The predicted molar refractivity (Wildman–Crippen MR) is 113 cm³/mol. The Balaban J connectivity index is 1.62. The Morgan fingerprint density at radius 2 is 1.67 bits per heavy atom. The highest BCUT2D eigenvalue weighted by Gasteiger charge is 2.24. The lowest BCUT2D eigenvalue weighted by molar-refractivity contribution is 0.468. The second kappa shape index (κ2) is 7.72. The second-order valence-corrected chi connectivity index (χ2v) is 8.58. The number of hydrogen-bond acceptors (Lipinski definition) is 5. The Bertz CT molecular complexity index is 1320. The minimum Gasteiger partial charge on any atom is -0.438 e. The molecule has 0 saturated carbocycles. The van der Waals surface area contributed by atoms with Crippen molar-refractivity contribution in [3.63, 3.8) is 0 Å². The first-order valence-electron chi connectivity index (χ1n) is 9.09. The topological polar surface area (TPSA) is 72.4 Å². The van der Waals surface area contributed by atoms with Crippen LogP contribution >= 0.6 is 0 Å². The number of aryl methyl sites for hydroxylation is 1. The van der Waals surface area contributed by atoms with E-state index in [1.165, 1.54) is 31.6 Å². The van der Waals surface area contributed by atoms with Crippen molar-refractivity contribution in [2.75, 3.05) is 11.4 Å². The molecule has 4 rings (SSSR count). The first-order valence-corrected chi connectivity index (χ1v) is 10.5. The van der Waals surface area contributed by atoms with Crippen LogP contribution in [0.5, 0.6) is 11.6 Å². The first kappa shape index (κ1) is 19.8. The number of aromatic nitrogens is 2. The van der Waals surface area contributed by atoms with Crippen LogP contribution < -0.4 is 9.04 Å². The fourth-order valence-electron chi connectivity index (χ4n) is 3.10. The third-order valence-electron chi connectivity index (χ3n) is 4.73. The molecule has 0 spiro atoms. The summed E-state index contributed by atoms with van der Waals surface area (Å²) in [5.41, 5.74) is 2.12. The van der Waals surface area contributed by atoms with Crippen LogP contribution in [-0.4, -0.2) is 25.4 Å². The molecule has 0 bridgehead atoms. The van der Waals surface area contributed by atoms with Crippen LogP contribution in [0.15, 0.2) is 78.0 Å². The molecular formula is C22H18FN3O3S. The summed E-state index contributed by atoms with van der Waals surface area (Å²) in [7, 11) is -2.66. The highest BCUT2D eigenvalue weighted by molar-refractivity contribution is 7.92. The van der Waals surface area contributed by atoms with E-state index < -0.39 is 15.8 Å². The molecule has 0 aliphatic rings. The average Bonchev–Trinajstić information content (AvgIpc) is 2.74. The van der Waals surface area contributed by atoms with Gasteiger partial charge in [0.2, 0.25) is 5.88 Å². The highest BCUT2D eigenvalue weighted by Crippen LogP contribution is 2.31. The maximum atomic E-state index is 14.0. The van der Waals surface area contributed by atoms with E-state index in [-0.39, 0.29) is 4.90 Å². The Labute approximate surface area is 173 Å². The number of sulfonamides is 1. The van der Waals surface area contributed by atoms with Gasteiger partial charge in [-0.2, -0.15) is 0 Å². The number of rotatable bonds is 5. The van der Waals surface area contributed by atoms with Crippen molar-refractivity contribution in [1.29, 1.82) is 0 Å². The van der Waals surface area contributed by atoms with Gasteiger partial charge in [0.15, 0.2) is 0 Å². The molecular weight excluding hydrogens is 405 g/mol. The third-order valence-corrected chi connectivity index (χ3v) is 6.55. The smallest absolute Gasteiger partial charge is 0.266 e. The van der Waals surface area contributed by atoms with Crippen LogP contribution in [0.1, 0.15) is 5.56 Å². The normalized spacial score (nSPS) is 11.4. The summed E-state index contributed by atoms with van der Waals surface area (Å²) in [6, 6.07) is 17.5. The van der Waals surface area contributed by atoms with Crippen molar-refractivity contribution >= 4 is 26.6 Å². The van der Waals surface area contributed by atoms with Crippen LogP contribution in [0.25, 0.3) is 10.9 Å². The maximum absolute atomic E-state index is 14.0. The summed E-state index contributed by atoms with van der Waals surface area (Å²) in [5, 5.41) is 0.809. The summed E-state index contributed by atoms with van der Waals surface area (Å²) < 4.78 is 46.4. The van der Waals surface area contributed by atoms with Gasteiger partial charge in [-0.3, -0.25) is 4.31 Å². The molecule has 1 heterocycles. The molecule has 4 aromatic rings. The van der Waals surface area contributed by atoms with Crippen LogP contribution in [0.3, 0.4) is 0 Å². The van der Waals surface area contributed by atoms with E-state index in [0.29, 0.717) is 17.3 Å². The van der Waals surface area contributed by atoms with Crippen molar-refractivity contribution in [2.24, 2.45) is 0 Å². The Morgan fingerprint density at radius 1 is 0.933 bits per heavy atom. The molecule has 6 nitrogen and oxygen atoms in total. The van der Waals surface area contributed by atoms with Crippen LogP contribution in [0, 0.1) is 12.7 Å². The van der Waals surface area contributed by atoms with Crippen LogP contribution in [0.4, 0.5) is 10.1 Å². The Morgan fingerprint density at radius 3 is 2.40 bits per heavy atom. The number of fused-ring (bicyclic) bond motifs is 1. The van der Waals surface area contributed by atoms with Gasteiger partial charge in [0.25, 0.3) is 10.0 Å². The maximum Gasteiger partial charge on any atom is 0.266 e. The zero-order chi connectivity index (χ0) is 21.3. The van der Waals surface area contributed by atoms with Crippen molar-refractivity contribution < 1.29 is 17.5 Å². The number of anilines is 1. The highest BCUT2D eigenvalue weighted by atomic mass is 32.2. The Kier molecular flexibility index (Phi) is 5.09. The predicted octanol–water partition coefficient (Wildman–Crippen LogP) is 4.69. The minimum absolute atomic E-state index is 0.370. The summed E-state index contributed by atoms with van der Waals surface area (Å²) in [6.07, 6.45) is 1.43. The van der Waals surface area contributed by atoms with Gasteiger partial charge in [-0.25, -0.2) is 22.8 Å². The largest absolute Gasteiger partial charge is 0.438 e. The van der Waals surface area contributed by atoms with Crippen molar-refractivity contribution in [1.82, 2.24) is 9.97 Å². The molecule has 0 aliphatic carbocycles. The second-order valence-electron chi connectivity index (χ2n) is 6.65. The van der Waals surface area contributed by atoms with Gasteiger partial charge in [0.05, 0.1) is 16.6 Å². The zero-order valence-electron chi connectivity index (χ0n) is 16.3. The molecule has 152 valence electrons. The van der Waals surface area contributed by atoms with E-state index in [1.807, 2.05) is 25.1 Å². The molecule has 0 radical (unpaired) electrons. The zero-order valence-corrected chi connectivity index (χ0v) is 17.1. The molecule has 0 unspecified atom stereocenters. The molecule has 30 heavy (non-hydrogen) atoms. The quantitative estimate of drug-likeness (QED) is 0.465. The van der Waals surface area contributed by atoms with Gasteiger partial charge in [0, 0.05) is 7.05 Å². The lowest BCUT2D eigenvalue weighted by atomic mass is 10.1. The van der Waals surface area contributed by atoms with Gasteiger partial charge < -0.3 is 4.74 Å². The molecule has 0 fully saturated rings. The molecule has 0 amide bonds. The van der Waals surface area contributed by atoms with Crippen molar-refractivity contribution in [3.8, 4) is 11.6 Å². The van der Waals surface area contributed by atoms with Gasteiger partial charge in [-0.1, -0.05) is 24.3 Å². The number of hydrogen-bond donors (Lipinski definition) is 0. The number of halogens is 1. The fourth-order valence-corrected chi connectivity index (χ4v) is 4.36. The van der Waals surface area contributed by atoms with E-state index >= 15 is 0 Å². The van der Waals surface area contributed by atoms with E-state index in [0.717, 1.165) is 26.8 Å². The number of nitrogens with zero attached hydrogens (tertiary/aromatic N) is 3. The van der Waals surface area contributed by atoms with Crippen molar-refractivity contribution in [3.05, 3.63) is 84.4 Å². The van der Waals surface area contributed by atoms with Gasteiger partial charge in [-0.05, 0) is 55.0 Å². The summed E-state index contributed by atoms with van der Waals surface area (Å²) in [6.45, 7) is 1.95. The van der Waals surface area contributed by atoms with E-state index in [4.69, 9.17) is 4.74 Å². The molecule has 1 aromatic heterocycles. The molecule has 0 atom stereocenters. The minimum atomic E-state index is -4.03.